The highest BCUT2D eigenvalue weighted by atomic mass is 35.5. The van der Waals surface area contributed by atoms with Crippen molar-refractivity contribution in [3.05, 3.63) is 34.1 Å². The molecule has 0 aliphatic carbocycles. The molecule has 0 bridgehead atoms. The van der Waals surface area contributed by atoms with E-state index in [4.69, 9.17) is 17.3 Å². The second kappa shape index (κ2) is 5.99. The van der Waals surface area contributed by atoms with Gasteiger partial charge < -0.3 is 5.73 Å². The van der Waals surface area contributed by atoms with Gasteiger partial charge in [0.2, 0.25) is 0 Å². The normalized spacial score (nSPS) is 13.4. The van der Waals surface area contributed by atoms with Gasteiger partial charge in [0.15, 0.2) is 0 Å². The van der Waals surface area contributed by atoms with Crippen molar-refractivity contribution in [2.75, 3.05) is 0 Å². The van der Waals surface area contributed by atoms with Crippen LogP contribution in [0.5, 0.6) is 0 Å². The Labute approximate surface area is 109 Å². The lowest BCUT2D eigenvalue weighted by Crippen LogP contribution is -2.21. The highest BCUT2D eigenvalue weighted by molar-refractivity contribution is 6.30. The topological polar surface area (TPSA) is 26.0 Å². The maximum absolute atomic E-state index is 13.3. The molecule has 0 fully saturated rings. The SMILES string of the molecule is Cl.N[C@@H](c1cc(C(F)(F)F)cc(Cl)c1F)C(F)F. The minimum atomic E-state index is -4.81. The Morgan fingerprint density at radius 2 is 1.67 bits per heavy atom. The van der Waals surface area contributed by atoms with Crippen molar-refractivity contribution in [1.29, 1.82) is 0 Å². The van der Waals surface area contributed by atoms with Crippen molar-refractivity contribution < 1.29 is 26.3 Å². The highest BCUT2D eigenvalue weighted by Gasteiger charge is 2.34. The molecule has 0 amide bonds. The molecule has 0 spiro atoms. The Bertz CT molecular complexity index is 420. The predicted molar refractivity (Wildman–Crippen MR) is 56.6 cm³/mol. The van der Waals surface area contributed by atoms with Crippen LogP contribution in [-0.2, 0) is 6.18 Å². The first kappa shape index (κ1) is 17.3. The monoisotopic (exact) mass is 313 g/mol. The van der Waals surface area contributed by atoms with Crippen molar-refractivity contribution in [1.82, 2.24) is 0 Å². The molecule has 0 aliphatic heterocycles. The fraction of sp³-hybridized carbons (Fsp3) is 0.333. The van der Waals surface area contributed by atoms with E-state index in [9.17, 15) is 26.3 Å². The smallest absolute Gasteiger partial charge is 0.319 e. The van der Waals surface area contributed by atoms with E-state index in [1.54, 1.807) is 0 Å². The van der Waals surface area contributed by atoms with E-state index < -0.39 is 40.6 Å². The summed E-state index contributed by atoms with van der Waals surface area (Å²) in [4.78, 5) is 0. The minimum absolute atomic E-state index is 0. The van der Waals surface area contributed by atoms with Crippen molar-refractivity contribution in [2.24, 2.45) is 5.73 Å². The van der Waals surface area contributed by atoms with Gasteiger partial charge in [-0.05, 0) is 12.1 Å². The lowest BCUT2D eigenvalue weighted by Gasteiger charge is -2.15. The zero-order chi connectivity index (χ0) is 13.4. The Hall–Kier alpha value is -0.660. The van der Waals surface area contributed by atoms with E-state index in [0.29, 0.717) is 6.07 Å². The largest absolute Gasteiger partial charge is 0.416 e. The molecular weight excluding hydrogens is 307 g/mol. The molecule has 1 atom stereocenters. The molecule has 0 saturated heterocycles. The summed E-state index contributed by atoms with van der Waals surface area (Å²) >= 11 is 5.20. The van der Waals surface area contributed by atoms with Gasteiger partial charge in [0, 0.05) is 5.56 Å². The van der Waals surface area contributed by atoms with Gasteiger partial charge in [-0.15, -0.1) is 12.4 Å². The maximum atomic E-state index is 13.3. The van der Waals surface area contributed by atoms with Crippen molar-refractivity contribution >= 4 is 24.0 Å². The molecule has 0 heterocycles. The van der Waals surface area contributed by atoms with Crippen LogP contribution in [0.15, 0.2) is 12.1 Å². The van der Waals surface area contributed by atoms with Gasteiger partial charge in [-0.2, -0.15) is 13.2 Å². The fourth-order valence-corrected chi connectivity index (χ4v) is 1.38. The molecule has 9 heteroatoms. The Morgan fingerprint density at radius 3 is 2.06 bits per heavy atom. The summed E-state index contributed by atoms with van der Waals surface area (Å²) in [5.41, 5.74) is 2.62. The zero-order valence-corrected chi connectivity index (χ0v) is 10.0. The van der Waals surface area contributed by atoms with Crippen molar-refractivity contribution in [2.45, 2.75) is 18.6 Å². The van der Waals surface area contributed by atoms with Gasteiger partial charge in [0.1, 0.15) is 5.82 Å². The molecule has 1 nitrogen and oxygen atoms in total. The third kappa shape index (κ3) is 3.66. The van der Waals surface area contributed by atoms with Crippen LogP contribution in [0.3, 0.4) is 0 Å². The van der Waals surface area contributed by atoms with E-state index in [1.807, 2.05) is 0 Å². The number of halogens is 8. The first-order valence-electron chi connectivity index (χ1n) is 4.24. The van der Waals surface area contributed by atoms with Gasteiger partial charge in [0.25, 0.3) is 6.43 Å². The summed E-state index contributed by atoms with van der Waals surface area (Å²) in [5, 5.41) is -0.897. The molecule has 1 rings (SSSR count). The number of hydrogen-bond acceptors (Lipinski definition) is 1. The molecule has 1 aromatic rings. The molecule has 0 aromatic heterocycles. The van der Waals surface area contributed by atoms with E-state index in [1.165, 1.54) is 0 Å². The quantitative estimate of drug-likeness (QED) is 0.814. The average molecular weight is 314 g/mol. The summed E-state index contributed by atoms with van der Waals surface area (Å²) in [6.07, 6.45) is -8.00. The van der Waals surface area contributed by atoms with E-state index >= 15 is 0 Å². The summed E-state index contributed by atoms with van der Waals surface area (Å²) in [6, 6.07) is -1.61. The van der Waals surface area contributed by atoms with Gasteiger partial charge >= 0.3 is 6.18 Å². The molecule has 2 N–H and O–H groups in total. The van der Waals surface area contributed by atoms with Crippen LogP contribution < -0.4 is 5.73 Å². The standard InChI is InChI=1S/C9H6ClF6N.ClH/c10-5-2-3(9(14,15)16)1-4(6(5)11)7(17)8(12)13;/h1-2,7-8H,17H2;1H/t7-;/m0./s1. The van der Waals surface area contributed by atoms with Crippen LogP contribution in [0, 0.1) is 5.82 Å². The molecular formula is C9H7Cl2F6N. The Balaban J connectivity index is 0.00000289. The molecule has 0 saturated carbocycles. The Kier molecular flexibility index (Phi) is 5.77. The average Bonchev–Trinajstić information content (AvgIpc) is 2.19. The number of rotatable bonds is 2. The molecule has 0 aliphatic rings. The van der Waals surface area contributed by atoms with Crippen LogP contribution in [0.2, 0.25) is 5.02 Å². The molecule has 0 unspecified atom stereocenters. The van der Waals surface area contributed by atoms with Crippen LogP contribution >= 0.6 is 24.0 Å². The number of hydrogen-bond donors (Lipinski definition) is 1. The lowest BCUT2D eigenvalue weighted by molar-refractivity contribution is -0.137. The maximum Gasteiger partial charge on any atom is 0.416 e. The third-order valence-electron chi connectivity index (χ3n) is 2.01. The summed E-state index contributed by atoms with van der Waals surface area (Å²) in [7, 11) is 0. The van der Waals surface area contributed by atoms with Crippen molar-refractivity contribution in [3.8, 4) is 0 Å². The second-order valence-corrected chi connectivity index (χ2v) is 3.63. The molecule has 1 aromatic carbocycles. The van der Waals surface area contributed by atoms with Gasteiger partial charge in [-0.3, -0.25) is 0 Å². The van der Waals surface area contributed by atoms with Crippen LogP contribution in [0.4, 0.5) is 26.3 Å². The van der Waals surface area contributed by atoms with E-state index in [2.05, 4.69) is 0 Å². The number of benzene rings is 1. The Morgan fingerprint density at radius 1 is 1.17 bits per heavy atom. The fourth-order valence-electron chi connectivity index (χ4n) is 1.15. The van der Waals surface area contributed by atoms with Crippen LogP contribution in [-0.4, -0.2) is 6.43 Å². The van der Waals surface area contributed by atoms with Gasteiger partial charge in [0.05, 0.1) is 16.6 Å². The lowest BCUT2D eigenvalue weighted by atomic mass is 10.0. The third-order valence-corrected chi connectivity index (χ3v) is 2.29. The second-order valence-electron chi connectivity index (χ2n) is 3.22. The van der Waals surface area contributed by atoms with E-state index in [0.717, 1.165) is 0 Å². The van der Waals surface area contributed by atoms with Gasteiger partial charge in [-0.1, -0.05) is 11.6 Å². The van der Waals surface area contributed by atoms with Crippen LogP contribution in [0.1, 0.15) is 17.2 Å². The molecule has 18 heavy (non-hydrogen) atoms. The first-order valence-corrected chi connectivity index (χ1v) is 4.62. The first-order chi connectivity index (χ1) is 7.64. The summed E-state index contributed by atoms with van der Waals surface area (Å²) < 4.78 is 74.7. The summed E-state index contributed by atoms with van der Waals surface area (Å²) in [6.45, 7) is 0. The number of alkyl halides is 5. The van der Waals surface area contributed by atoms with E-state index in [-0.39, 0.29) is 18.5 Å². The molecule has 104 valence electrons. The molecule has 0 radical (unpaired) electrons. The zero-order valence-electron chi connectivity index (χ0n) is 8.44. The highest BCUT2D eigenvalue weighted by Crippen LogP contribution is 2.35. The minimum Gasteiger partial charge on any atom is -0.319 e. The summed E-state index contributed by atoms with van der Waals surface area (Å²) in [5.74, 6) is -1.37. The van der Waals surface area contributed by atoms with Crippen LogP contribution in [0.25, 0.3) is 0 Å². The van der Waals surface area contributed by atoms with Gasteiger partial charge in [-0.25, -0.2) is 13.2 Å². The number of nitrogens with two attached hydrogens (primary N) is 1. The van der Waals surface area contributed by atoms with Crippen molar-refractivity contribution in [3.63, 3.8) is 0 Å². The predicted octanol–water partition coefficient (Wildman–Crippen LogP) is 4.18.